The van der Waals surface area contributed by atoms with Crippen molar-refractivity contribution >= 4 is 43.2 Å². The number of sulfonamides is 1. The smallest absolute Gasteiger partial charge is 0.264 e. The molecule has 0 bridgehead atoms. The molecule has 0 radical (unpaired) electrons. The SMILES string of the molecule is Cc1ccc(S(=O)(=O)N(Cc2ccccc2)c2ccc(OCC(=O)Nc3ccccc3Br)cc2)cc1. The number of hydrogen-bond donors (Lipinski definition) is 1. The minimum Gasteiger partial charge on any atom is -0.484 e. The van der Waals surface area contributed by atoms with E-state index in [0.717, 1.165) is 15.6 Å². The lowest BCUT2D eigenvalue weighted by Crippen LogP contribution is -2.30. The first-order valence-corrected chi connectivity index (χ1v) is 13.5. The molecule has 0 saturated heterocycles. The molecule has 4 aromatic rings. The number of rotatable bonds is 9. The Bertz CT molecular complexity index is 1420. The average molecular weight is 565 g/mol. The van der Waals surface area contributed by atoms with Crippen LogP contribution in [0.1, 0.15) is 11.1 Å². The van der Waals surface area contributed by atoms with Crippen molar-refractivity contribution in [1.82, 2.24) is 0 Å². The van der Waals surface area contributed by atoms with E-state index in [1.807, 2.05) is 55.5 Å². The summed E-state index contributed by atoms with van der Waals surface area (Å²) in [7, 11) is -3.82. The Kier molecular flexibility index (Phi) is 8.07. The summed E-state index contributed by atoms with van der Waals surface area (Å²) in [6, 6.07) is 30.2. The molecule has 36 heavy (non-hydrogen) atoms. The van der Waals surface area contributed by atoms with Crippen molar-refractivity contribution in [2.75, 3.05) is 16.2 Å². The van der Waals surface area contributed by atoms with Crippen LogP contribution in [-0.2, 0) is 21.4 Å². The second-order valence-corrected chi connectivity index (χ2v) is 10.8. The van der Waals surface area contributed by atoms with Crippen LogP contribution in [0.2, 0.25) is 0 Å². The van der Waals surface area contributed by atoms with Gasteiger partial charge in [0.2, 0.25) is 0 Å². The van der Waals surface area contributed by atoms with Gasteiger partial charge in [0, 0.05) is 4.47 Å². The van der Waals surface area contributed by atoms with Gasteiger partial charge in [-0.25, -0.2) is 8.42 Å². The normalized spacial score (nSPS) is 11.1. The van der Waals surface area contributed by atoms with E-state index in [2.05, 4.69) is 21.2 Å². The molecular weight excluding hydrogens is 540 g/mol. The standard InChI is InChI=1S/C28H25BrN2O4S/c1-21-11-17-25(18-12-21)36(33,34)31(19-22-7-3-2-4-8-22)23-13-15-24(16-14-23)35-20-28(32)30-27-10-6-5-9-26(27)29/h2-18H,19-20H2,1H3,(H,30,32). The molecule has 0 aliphatic heterocycles. The van der Waals surface area contributed by atoms with E-state index in [0.29, 0.717) is 17.1 Å². The molecule has 6 nitrogen and oxygen atoms in total. The van der Waals surface area contributed by atoms with Gasteiger partial charge in [-0.1, -0.05) is 60.2 Å². The maximum atomic E-state index is 13.6. The predicted molar refractivity (Wildman–Crippen MR) is 146 cm³/mol. The molecule has 4 aromatic carbocycles. The molecule has 1 N–H and O–H groups in total. The molecule has 184 valence electrons. The summed E-state index contributed by atoms with van der Waals surface area (Å²) in [6.45, 7) is 1.90. The minimum atomic E-state index is -3.82. The van der Waals surface area contributed by atoms with Crippen molar-refractivity contribution in [3.8, 4) is 5.75 Å². The number of anilines is 2. The number of carbonyl (C=O) groups excluding carboxylic acids is 1. The fraction of sp³-hybridized carbons (Fsp3) is 0.107. The Labute approximate surface area is 219 Å². The van der Waals surface area contributed by atoms with Gasteiger partial charge in [-0.2, -0.15) is 0 Å². The molecule has 0 heterocycles. The van der Waals surface area contributed by atoms with Crippen molar-refractivity contribution in [3.05, 3.63) is 119 Å². The van der Waals surface area contributed by atoms with Gasteiger partial charge >= 0.3 is 0 Å². The van der Waals surface area contributed by atoms with E-state index >= 15 is 0 Å². The molecule has 0 atom stereocenters. The van der Waals surface area contributed by atoms with Crippen molar-refractivity contribution < 1.29 is 17.9 Å². The Morgan fingerprint density at radius 3 is 2.17 bits per heavy atom. The van der Waals surface area contributed by atoms with E-state index in [-0.39, 0.29) is 24.0 Å². The van der Waals surface area contributed by atoms with Gasteiger partial charge in [0.05, 0.1) is 22.8 Å². The summed E-state index contributed by atoms with van der Waals surface area (Å²) in [5.74, 6) is 0.145. The Morgan fingerprint density at radius 2 is 1.50 bits per heavy atom. The maximum absolute atomic E-state index is 13.6. The first-order valence-electron chi connectivity index (χ1n) is 11.2. The second-order valence-electron chi connectivity index (χ2n) is 8.12. The highest BCUT2D eigenvalue weighted by atomic mass is 79.9. The number of amides is 1. The van der Waals surface area contributed by atoms with Crippen molar-refractivity contribution in [2.24, 2.45) is 0 Å². The predicted octanol–water partition coefficient (Wildman–Crippen LogP) is 6.17. The van der Waals surface area contributed by atoms with Gasteiger partial charge in [0.25, 0.3) is 15.9 Å². The number of halogens is 1. The van der Waals surface area contributed by atoms with Crippen LogP contribution < -0.4 is 14.4 Å². The van der Waals surface area contributed by atoms with E-state index in [1.165, 1.54) is 4.31 Å². The molecule has 0 fully saturated rings. The van der Waals surface area contributed by atoms with Gasteiger partial charge in [-0.05, 0) is 76.9 Å². The molecule has 4 rings (SSSR count). The largest absolute Gasteiger partial charge is 0.484 e. The summed E-state index contributed by atoms with van der Waals surface area (Å²) in [5.41, 5.74) is 2.98. The molecule has 0 unspecified atom stereocenters. The summed E-state index contributed by atoms with van der Waals surface area (Å²) in [4.78, 5) is 12.5. The van der Waals surface area contributed by atoms with Crippen LogP contribution in [0.5, 0.6) is 5.75 Å². The lowest BCUT2D eigenvalue weighted by Gasteiger charge is -2.25. The van der Waals surface area contributed by atoms with Crippen LogP contribution in [0, 0.1) is 6.92 Å². The highest BCUT2D eigenvalue weighted by Crippen LogP contribution is 2.28. The first kappa shape index (κ1) is 25.5. The van der Waals surface area contributed by atoms with E-state index in [1.54, 1.807) is 54.6 Å². The monoisotopic (exact) mass is 564 g/mol. The molecule has 0 saturated carbocycles. The van der Waals surface area contributed by atoms with E-state index in [9.17, 15) is 13.2 Å². The van der Waals surface area contributed by atoms with Crippen LogP contribution in [0.15, 0.2) is 112 Å². The summed E-state index contributed by atoms with van der Waals surface area (Å²) in [5, 5.41) is 2.78. The lowest BCUT2D eigenvalue weighted by molar-refractivity contribution is -0.118. The number of para-hydroxylation sites is 1. The Morgan fingerprint density at radius 1 is 0.861 bits per heavy atom. The lowest BCUT2D eigenvalue weighted by atomic mass is 10.2. The third kappa shape index (κ3) is 6.33. The van der Waals surface area contributed by atoms with Gasteiger partial charge in [0.1, 0.15) is 5.75 Å². The number of aryl methyl sites for hydroxylation is 1. The minimum absolute atomic E-state index is 0.172. The zero-order chi connectivity index (χ0) is 25.5. The molecule has 8 heteroatoms. The molecule has 0 spiro atoms. The third-order valence-corrected chi connectivity index (χ3v) is 7.90. The topological polar surface area (TPSA) is 75.7 Å². The summed E-state index contributed by atoms with van der Waals surface area (Å²) < 4.78 is 34.9. The van der Waals surface area contributed by atoms with E-state index in [4.69, 9.17) is 4.74 Å². The average Bonchev–Trinajstić information content (AvgIpc) is 2.89. The summed E-state index contributed by atoms with van der Waals surface area (Å²) >= 11 is 3.39. The number of ether oxygens (including phenoxy) is 1. The zero-order valence-corrected chi connectivity index (χ0v) is 22.0. The maximum Gasteiger partial charge on any atom is 0.264 e. The molecule has 1 amide bonds. The van der Waals surface area contributed by atoms with Crippen molar-refractivity contribution in [3.63, 3.8) is 0 Å². The Hall–Kier alpha value is -3.62. The van der Waals surface area contributed by atoms with Gasteiger partial charge in [-0.3, -0.25) is 9.10 Å². The molecular formula is C28H25BrN2O4S. The van der Waals surface area contributed by atoms with Gasteiger partial charge < -0.3 is 10.1 Å². The number of carbonyl (C=O) groups is 1. The van der Waals surface area contributed by atoms with Crippen LogP contribution in [-0.4, -0.2) is 20.9 Å². The fourth-order valence-electron chi connectivity index (χ4n) is 3.51. The Balaban J connectivity index is 1.52. The number of hydrogen-bond acceptors (Lipinski definition) is 4. The summed E-state index contributed by atoms with van der Waals surface area (Å²) in [6.07, 6.45) is 0. The quantitative estimate of drug-likeness (QED) is 0.263. The molecule has 0 aliphatic carbocycles. The highest BCUT2D eigenvalue weighted by molar-refractivity contribution is 9.10. The number of benzene rings is 4. The van der Waals surface area contributed by atoms with Crippen molar-refractivity contribution in [2.45, 2.75) is 18.4 Å². The number of nitrogens with zero attached hydrogens (tertiary/aromatic N) is 1. The fourth-order valence-corrected chi connectivity index (χ4v) is 5.34. The van der Waals surface area contributed by atoms with Crippen LogP contribution in [0.3, 0.4) is 0 Å². The second kappa shape index (κ2) is 11.4. The van der Waals surface area contributed by atoms with Gasteiger partial charge in [-0.15, -0.1) is 0 Å². The molecule has 0 aliphatic rings. The van der Waals surface area contributed by atoms with Crippen LogP contribution >= 0.6 is 15.9 Å². The van der Waals surface area contributed by atoms with Crippen molar-refractivity contribution in [1.29, 1.82) is 0 Å². The first-order chi connectivity index (χ1) is 17.3. The van der Waals surface area contributed by atoms with Gasteiger partial charge in [0.15, 0.2) is 6.61 Å². The highest BCUT2D eigenvalue weighted by Gasteiger charge is 2.25. The van der Waals surface area contributed by atoms with Crippen LogP contribution in [0.25, 0.3) is 0 Å². The zero-order valence-electron chi connectivity index (χ0n) is 19.6. The molecule has 0 aromatic heterocycles. The van der Waals surface area contributed by atoms with Crippen LogP contribution in [0.4, 0.5) is 11.4 Å². The number of nitrogens with one attached hydrogen (secondary N) is 1. The third-order valence-electron chi connectivity index (χ3n) is 5.42. The van der Waals surface area contributed by atoms with E-state index < -0.39 is 10.0 Å².